The highest BCUT2D eigenvalue weighted by molar-refractivity contribution is 5.44. The molecule has 7 heteroatoms. The molecule has 1 aromatic rings. The lowest BCUT2D eigenvalue weighted by Crippen LogP contribution is -2.30. The molecular formula is C24H48N6O. The number of nitrogens with zero attached hydrogens (tertiary/aromatic N) is 6. The van der Waals surface area contributed by atoms with Crippen LogP contribution in [0.2, 0.25) is 0 Å². The van der Waals surface area contributed by atoms with Gasteiger partial charge in [0.05, 0.1) is 0 Å². The third kappa shape index (κ3) is 11.8. The van der Waals surface area contributed by atoms with Crippen LogP contribution < -0.4 is 0 Å². The van der Waals surface area contributed by atoms with Crippen molar-refractivity contribution in [3.05, 3.63) is 28.8 Å². The van der Waals surface area contributed by atoms with Crippen LogP contribution in [0.3, 0.4) is 0 Å². The van der Waals surface area contributed by atoms with Crippen molar-refractivity contribution >= 4 is 0 Å². The third-order valence-electron chi connectivity index (χ3n) is 5.45. The molecule has 0 unspecified atom stereocenters. The normalized spacial score (nSPS) is 12.5. The van der Waals surface area contributed by atoms with Gasteiger partial charge in [-0.1, -0.05) is 0 Å². The van der Waals surface area contributed by atoms with E-state index in [1.165, 1.54) is 5.56 Å². The SMILES string of the molecule is CN(C)CCN(C)Cc1cc(CN(C)CCN(C)C)c(O)c(CN(C)CCN(C)C)c1. The maximum absolute atomic E-state index is 11.1. The van der Waals surface area contributed by atoms with Crippen molar-refractivity contribution in [3.63, 3.8) is 0 Å². The minimum Gasteiger partial charge on any atom is -0.507 e. The molecular weight excluding hydrogens is 388 g/mol. The summed E-state index contributed by atoms with van der Waals surface area (Å²) >= 11 is 0. The Balaban J connectivity index is 3.01. The molecule has 0 atom stereocenters. The molecule has 0 radical (unpaired) electrons. The zero-order chi connectivity index (χ0) is 23.6. The summed E-state index contributed by atoms with van der Waals surface area (Å²) in [5.74, 6) is 0.452. The fourth-order valence-electron chi connectivity index (χ4n) is 3.41. The number of phenols is 1. The van der Waals surface area contributed by atoms with Crippen LogP contribution in [-0.4, -0.2) is 137 Å². The second kappa shape index (κ2) is 14.0. The second-order valence-electron chi connectivity index (χ2n) is 9.89. The molecule has 0 aromatic heterocycles. The average Bonchev–Trinajstić information content (AvgIpc) is 2.66. The molecule has 180 valence electrons. The lowest BCUT2D eigenvalue weighted by molar-refractivity contribution is 0.265. The summed E-state index contributed by atoms with van der Waals surface area (Å²) in [6, 6.07) is 4.38. The van der Waals surface area contributed by atoms with E-state index in [-0.39, 0.29) is 0 Å². The smallest absolute Gasteiger partial charge is 0.124 e. The molecule has 0 heterocycles. The molecule has 0 aliphatic heterocycles. The summed E-state index contributed by atoms with van der Waals surface area (Å²) in [6.45, 7) is 8.39. The maximum Gasteiger partial charge on any atom is 0.124 e. The van der Waals surface area contributed by atoms with Gasteiger partial charge in [0.15, 0.2) is 0 Å². The molecule has 1 aromatic carbocycles. The van der Waals surface area contributed by atoms with Crippen LogP contribution in [-0.2, 0) is 19.6 Å². The van der Waals surface area contributed by atoms with E-state index in [4.69, 9.17) is 0 Å². The summed E-state index contributed by atoms with van der Waals surface area (Å²) < 4.78 is 0. The van der Waals surface area contributed by atoms with Crippen LogP contribution in [0.15, 0.2) is 12.1 Å². The molecule has 0 aliphatic carbocycles. The lowest BCUT2D eigenvalue weighted by Gasteiger charge is -2.25. The van der Waals surface area contributed by atoms with E-state index < -0.39 is 0 Å². The minimum atomic E-state index is 0.452. The molecule has 1 rings (SSSR count). The molecule has 31 heavy (non-hydrogen) atoms. The predicted molar refractivity (Wildman–Crippen MR) is 133 cm³/mol. The van der Waals surface area contributed by atoms with Crippen molar-refractivity contribution < 1.29 is 5.11 Å². The Labute approximate surface area is 191 Å². The van der Waals surface area contributed by atoms with E-state index in [2.05, 4.69) is 105 Å². The number of aromatic hydroxyl groups is 1. The van der Waals surface area contributed by atoms with Gasteiger partial charge in [-0.3, -0.25) is 0 Å². The van der Waals surface area contributed by atoms with Gasteiger partial charge in [-0.15, -0.1) is 0 Å². The first-order valence-electron chi connectivity index (χ1n) is 11.3. The first kappa shape index (κ1) is 27.8. The number of hydrogen-bond donors (Lipinski definition) is 1. The van der Waals surface area contributed by atoms with Crippen molar-refractivity contribution in [1.29, 1.82) is 0 Å². The van der Waals surface area contributed by atoms with E-state index in [0.29, 0.717) is 5.75 Å². The summed E-state index contributed by atoms with van der Waals surface area (Å²) in [5, 5.41) is 11.1. The first-order valence-corrected chi connectivity index (χ1v) is 11.3. The Morgan fingerprint density at radius 3 is 1.16 bits per heavy atom. The number of phenolic OH excluding ortho intramolecular Hbond substituents is 1. The molecule has 1 N–H and O–H groups in total. The highest BCUT2D eigenvalue weighted by Gasteiger charge is 2.15. The Hall–Kier alpha value is -1.22. The molecule has 0 bridgehead atoms. The Kier molecular flexibility index (Phi) is 12.6. The first-order chi connectivity index (χ1) is 14.5. The quantitative estimate of drug-likeness (QED) is 0.445. The minimum absolute atomic E-state index is 0.452. The number of hydrogen-bond acceptors (Lipinski definition) is 7. The third-order valence-corrected chi connectivity index (χ3v) is 5.45. The van der Waals surface area contributed by atoms with Gasteiger partial charge in [-0.2, -0.15) is 0 Å². The summed E-state index contributed by atoms with van der Waals surface area (Å²) in [5.41, 5.74) is 3.32. The Morgan fingerprint density at radius 2 is 0.839 bits per heavy atom. The summed E-state index contributed by atoms with van der Waals surface area (Å²) in [4.78, 5) is 13.5. The van der Waals surface area contributed by atoms with Gasteiger partial charge < -0.3 is 34.5 Å². The fraction of sp³-hybridized carbons (Fsp3) is 0.750. The molecule has 7 nitrogen and oxygen atoms in total. The monoisotopic (exact) mass is 436 g/mol. The molecule has 0 spiro atoms. The summed E-state index contributed by atoms with van der Waals surface area (Å²) in [6.07, 6.45) is 0. The van der Waals surface area contributed by atoms with Crippen LogP contribution in [0.4, 0.5) is 0 Å². The van der Waals surface area contributed by atoms with Crippen LogP contribution in [0.5, 0.6) is 5.75 Å². The van der Waals surface area contributed by atoms with Crippen LogP contribution in [0, 0.1) is 0 Å². The van der Waals surface area contributed by atoms with E-state index in [1.807, 2.05) is 0 Å². The van der Waals surface area contributed by atoms with Crippen LogP contribution in [0.1, 0.15) is 16.7 Å². The lowest BCUT2D eigenvalue weighted by atomic mass is 10.0. The van der Waals surface area contributed by atoms with Gasteiger partial charge >= 0.3 is 0 Å². The Bertz CT molecular complexity index is 593. The largest absolute Gasteiger partial charge is 0.507 e. The van der Waals surface area contributed by atoms with E-state index in [1.54, 1.807) is 0 Å². The van der Waals surface area contributed by atoms with Crippen molar-refractivity contribution in [2.24, 2.45) is 0 Å². The standard InChI is InChI=1S/C24H48N6O/c1-25(2)10-13-28(7)18-21-16-22(19-29(8)14-11-26(3)4)24(31)23(17-21)20-30(9)15-12-27(5)6/h16-17,31H,10-15,18-20H2,1-9H3. The number of likely N-dealkylation sites (N-methyl/N-ethyl adjacent to an activating group) is 6. The van der Waals surface area contributed by atoms with E-state index >= 15 is 0 Å². The molecule has 0 saturated heterocycles. The predicted octanol–water partition coefficient (Wildman–Crippen LogP) is 1.37. The van der Waals surface area contributed by atoms with Gasteiger partial charge in [-0.05, 0) is 81.1 Å². The molecule has 0 amide bonds. The van der Waals surface area contributed by atoms with Crippen molar-refractivity contribution in [2.75, 3.05) is 103 Å². The van der Waals surface area contributed by atoms with Crippen molar-refractivity contribution in [3.8, 4) is 5.75 Å². The Morgan fingerprint density at radius 1 is 0.516 bits per heavy atom. The average molecular weight is 437 g/mol. The van der Waals surface area contributed by atoms with Crippen LogP contribution in [0.25, 0.3) is 0 Å². The van der Waals surface area contributed by atoms with Crippen molar-refractivity contribution in [2.45, 2.75) is 19.6 Å². The zero-order valence-corrected chi connectivity index (χ0v) is 21.6. The van der Waals surface area contributed by atoms with E-state index in [9.17, 15) is 5.11 Å². The highest BCUT2D eigenvalue weighted by Crippen LogP contribution is 2.27. The van der Waals surface area contributed by atoms with Crippen molar-refractivity contribution in [1.82, 2.24) is 29.4 Å². The number of rotatable bonds is 15. The fourth-order valence-corrected chi connectivity index (χ4v) is 3.41. The zero-order valence-electron chi connectivity index (χ0n) is 21.6. The van der Waals surface area contributed by atoms with Gasteiger partial charge in [-0.25, -0.2) is 0 Å². The molecule has 0 aliphatic rings. The summed E-state index contributed by atoms with van der Waals surface area (Å²) in [7, 11) is 19.0. The molecule has 0 fully saturated rings. The van der Waals surface area contributed by atoms with E-state index in [0.717, 1.165) is 70.0 Å². The van der Waals surface area contributed by atoms with Gasteiger partial charge in [0, 0.05) is 70.0 Å². The van der Waals surface area contributed by atoms with Gasteiger partial charge in [0.2, 0.25) is 0 Å². The van der Waals surface area contributed by atoms with Gasteiger partial charge in [0.25, 0.3) is 0 Å². The second-order valence-corrected chi connectivity index (χ2v) is 9.89. The van der Waals surface area contributed by atoms with Gasteiger partial charge in [0.1, 0.15) is 5.75 Å². The molecule has 0 saturated carbocycles. The maximum atomic E-state index is 11.1. The number of benzene rings is 1. The van der Waals surface area contributed by atoms with Crippen LogP contribution >= 0.6 is 0 Å². The topological polar surface area (TPSA) is 39.7 Å². The highest BCUT2D eigenvalue weighted by atomic mass is 16.3.